The number of likely N-dealkylation sites (tertiary alicyclic amines) is 1. The summed E-state index contributed by atoms with van der Waals surface area (Å²) in [7, 11) is -3.85. The molecule has 1 unspecified atom stereocenters. The van der Waals surface area contributed by atoms with E-state index in [0.717, 1.165) is 42.9 Å². The molecule has 10 heteroatoms. The van der Waals surface area contributed by atoms with Gasteiger partial charge in [0.05, 0.1) is 27.6 Å². The number of aryl methyl sites for hydroxylation is 1. The Hall–Kier alpha value is -2.78. The van der Waals surface area contributed by atoms with Crippen molar-refractivity contribution in [3.05, 3.63) is 87.4 Å². The highest BCUT2D eigenvalue weighted by atomic mass is 35.5. The van der Waals surface area contributed by atoms with Crippen LogP contribution in [-0.2, 0) is 27.8 Å². The molecule has 0 saturated carbocycles. The lowest BCUT2D eigenvalue weighted by Crippen LogP contribution is -2.32. The molecule has 40 heavy (non-hydrogen) atoms. The normalized spacial score (nSPS) is 17.5. The molecule has 3 aromatic rings. The molecule has 7 nitrogen and oxygen atoms in total. The maximum absolute atomic E-state index is 12.9. The van der Waals surface area contributed by atoms with E-state index in [0.29, 0.717) is 18.7 Å². The Morgan fingerprint density at radius 2 is 1.77 bits per heavy atom. The van der Waals surface area contributed by atoms with Crippen LogP contribution in [0.15, 0.2) is 65.6 Å². The van der Waals surface area contributed by atoms with Crippen molar-refractivity contribution >= 4 is 44.8 Å². The van der Waals surface area contributed by atoms with Crippen molar-refractivity contribution in [2.75, 3.05) is 24.4 Å². The van der Waals surface area contributed by atoms with Gasteiger partial charge in [0.1, 0.15) is 5.75 Å². The Labute approximate surface area is 245 Å². The summed E-state index contributed by atoms with van der Waals surface area (Å²) in [5, 5.41) is 3.61. The first kappa shape index (κ1) is 28.7. The number of anilines is 1. The minimum atomic E-state index is -3.85. The highest BCUT2D eigenvalue weighted by Crippen LogP contribution is 2.33. The summed E-state index contributed by atoms with van der Waals surface area (Å²) in [6.07, 6.45) is 5.30. The van der Waals surface area contributed by atoms with Crippen molar-refractivity contribution < 1.29 is 17.9 Å². The summed E-state index contributed by atoms with van der Waals surface area (Å²) >= 11 is 11.9. The zero-order valence-electron chi connectivity index (χ0n) is 22.2. The van der Waals surface area contributed by atoms with Crippen molar-refractivity contribution in [2.24, 2.45) is 0 Å². The van der Waals surface area contributed by atoms with Gasteiger partial charge < -0.3 is 10.1 Å². The fourth-order valence-electron chi connectivity index (χ4n) is 5.23. The lowest BCUT2D eigenvalue weighted by molar-refractivity contribution is -0.122. The van der Waals surface area contributed by atoms with Crippen LogP contribution in [0, 0.1) is 0 Å². The van der Waals surface area contributed by atoms with Gasteiger partial charge in [0, 0.05) is 30.6 Å². The number of nitrogens with one attached hydrogen (secondary N) is 2. The number of nitrogens with zero attached hydrogens (tertiary/aromatic N) is 1. The number of rotatable bonds is 9. The number of hydrogen-bond acceptors (Lipinski definition) is 5. The smallest absolute Gasteiger partial charge is 0.261 e. The number of hydrogen-bond donors (Lipinski definition) is 2. The van der Waals surface area contributed by atoms with E-state index in [-0.39, 0.29) is 33.3 Å². The van der Waals surface area contributed by atoms with Crippen LogP contribution in [0.4, 0.5) is 5.69 Å². The number of fused-ring (bicyclic) bond motifs is 1. The van der Waals surface area contributed by atoms with Crippen LogP contribution in [0.3, 0.4) is 0 Å². The Bertz CT molecular complexity index is 1480. The van der Waals surface area contributed by atoms with Gasteiger partial charge in [0.15, 0.2) is 0 Å². The highest BCUT2D eigenvalue weighted by molar-refractivity contribution is 7.92. The number of amides is 1. The van der Waals surface area contributed by atoms with Crippen LogP contribution in [0.1, 0.15) is 54.8 Å². The number of halogens is 2. The van der Waals surface area contributed by atoms with Crippen LogP contribution >= 0.6 is 23.2 Å². The quantitative estimate of drug-likeness (QED) is 0.298. The van der Waals surface area contributed by atoms with Gasteiger partial charge in [0.2, 0.25) is 5.91 Å². The number of sulfonamides is 1. The predicted octanol–water partition coefficient (Wildman–Crippen LogP) is 6.35. The topological polar surface area (TPSA) is 87.7 Å². The van der Waals surface area contributed by atoms with Crippen molar-refractivity contribution in [3.63, 3.8) is 0 Å². The third-order valence-electron chi connectivity index (χ3n) is 7.33. The summed E-state index contributed by atoms with van der Waals surface area (Å²) < 4.78 is 34.1. The van der Waals surface area contributed by atoms with Crippen molar-refractivity contribution in [1.29, 1.82) is 0 Å². The highest BCUT2D eigenvalue weighted by Gasteiger charge is 2.24. The van der Waals surface area contributed by atoms with E-state index in [1.807, 2.05) is 6.07 Å². The van der Waals surface area contributed by atoms with Gasteiger partial charge >= 0.3 is 0 Å². The molecule has 1 amide bonds. The van der Waals surface area contributed by atoms with E-state index < -0.39 is 10.0 Å². The van der Waals surface area contributed by atoms with Crippen molar-refractivity contribution in [3.8, 4) is 5.75 Å². The van der Waals surface area contributed by atoms with Gasteiger partial charge in [-0.3, -0.25) is 14.4 Å². The summed E-state index contributed by atoms with van der Waals surface area (Å²) in [4.78, 5) is 15.4. The van der Waals surface area contributed by atoms with Crippen LogP contribution in [0.25, 0.3) is 0 Å². The molecule has 5 rings (SSSR count). The zero-order chi connectivity index (χ0) is 28.1. The van der Waals surface area contributed by atoms with E-state index >= 15 is 0 Å². The fourth-order valence-corrected chi connectivity index (χ4v) is 6.67. The molecule has 0 aliphatic carbocycles. The van der Waals surface area contributed by atoms with E-state index in [1.54, 1.807) is 18.2 Å². The fraction of sp³-hybridized carbons (Fsp3) is 0.367. The molecule has 1 fully saturated rings. The van der Waals surface area contributed by atoms with Gasteiger partial charge in [-0.1, -0.05) is 53.9 Å². The SMILES string of the molecule is O=C(CCc1cccc(NS(=O)(=O)c2ccc(Cl)c(Cl)c2)c1)NC1CCOc2cc(CN3CCCCC3)ccc21. The second kappa shape index (κ2) is 12.8. The van der Waals surface area contributed by atoms with E-state index in [2.05, 4.69) is 33.1 Å². The monoisotopic (exact) mass is 601 g/mol. The second-order valence-electron chi connectivity index (χ2n) is 10.3. The summed E-state index contributed by atoms with van der Waals surface area (Å²) in [6, 6.07) is 17.4. The minimum Gasteiger partial charge on any atom is -0.493 e. The molecule has 1 atom stereocenters. The van der Waals surface area contributed by atoms with Gasteiger partial charge in [-0.05, 0) is 79.9 Å². The summed E-state index contributed by atoms with van der Waals surface area (Å²) in [5.74, 6) is 0.796. The Morgan fingerprint density at radius 1 is 0.950 bits per heavy atom. The molecular formula is C30H33Cl2N3O4S. The van der Waals surface area contributed by atoms with E-state index in [1.165, 1.54) is 43.0 Å². The largest absolute Gasteiger partial charge is 0.493 e. The Balaban J connectivity index is 1.17. The maximum atomic E-state index is 12.9. The van der Waals surface area contributed by atoms with Crippen LogP contribution in [0.2, 0.25) is 10.0 Å². The first-order valence-electron chi connectivity index (χ1n) is 13.6. The molecule has 0 spiro atoms. The van der Waals surface area contributed by atoms with Crippen LogP contribution in [-0.4, -0.2) is 38.9 Å². The number of benzene rings is 3. The van der Waals surface area contributed by atoms with Crippen LogP contribution < -0.4 is 14.8 Å². The number of carbonyl (C=O) groups is 1. The number of piperidine rings is 1. The van der Waals surface area contributed by atoms with Gasteiger partial charge in [-0.15, -0.1) is 0 Å². The van der Waals surface area contributed by atoms with Crippen LogP contribution in [0.5, 0.6) is 5.75 Å². The van der Waals surface area contributed by atoms with E-state index in [9.17, 15) is 13.2 Å². The first-order valence-corrected chi connectivity index (χ1v) is 15.8. The zero-order valence-corrected chi connectivity index (χ0v) is 24.5. The third kappa shape index (κ3) is 7.29. The van der Waals surface area contributed by atoms with Gasteiger partial charge in [0.25, 0.3) is 10.0 Å². The summed E-state index contributed by atoms with van der Waals surface area (Å²) in [6.45, 7) is 3.77. The second-order valence-corrected chi connectivity index (χ2v) is 12.8. The lowest BCUT2D eigenvalue weighted by atomic mass is 9.98. The molecule has 2 N–H and O–H groups in total. The minimum absolute atomic E-state index is 0.0158. The van der Waals surface area contributed by atoms with Gasteiger partial charge in [-0.25, -0.2) is 8.42 Å². The average Bonchev–Trinajstić information content (AvgIpc) is 2.94. The molecule has 3 aromatic carbocycles. The standard InChI is InChI=1S/C30H33Cl2N3O4S/c31-26-11-9-24(19-27(26)32)40(37,38)34-23-6-4-5-21(17-23)8-12-30(36)33-28-13-16-39-29-18-22(7-10-25(28)29)20-35-14-2-1-3-15-35/h4-7,9-11,17-19,28,34H,1-3,8,12-16,20H2,(H,33,36). The first-order chi connectivity index (χ1) is 19.3. The van der Waals surface area contributed by atoms with E-state index in [4.69, 9.17) is 27.9 Å². The third-order valence-corrected chi connectivity index (χ3v) is 9.45. The van der Waals surface area contributed by atoms with Gasteiger partial charge in [-0.2, -0.15) is 0 Å². The molecular weight excluding hydrogens is 569 g/mol. The Kier molecular flexibility index (Phi) is 9.20. The Morgan fingerprint density at radius 3 is 2.58 bits per heavy atom. The lowest BCUT2D eigenvalue weighted by Gasteiger charge is -2.29. The molecule has 1 saturated heterocycles. The number of carbonyl (C=O) groups excluding carboxylic acids is 1. The molecule has 2 aliphatic heterocycles. The average molecular weight is 603 g/mol. The molecule has 0 aromatic heterocycles. The molecule has 0 bridgehead atoms. The van der Waals surface area contributed by atoms with Crippen molar-refractivity contribution in [1.82, 2.24) is 10.2 Å². The number of ether oxygens (including phenoxy) is 1. The molecule has 212 valence electrons. The summed E-state index contributed by atoms with van der Waals surface area (Å²) in [5.41, 5.74) is 3.50. The molecule has 0 radical (unpaired) electrons. The molecule has 2 heterocycles. The predicted molar refractivity (Wildman–Crippen MR) is 159 cm³/mol. The molecule has 2 aliphatic rings. The maximum Gasteiger partial charge on any atom is 0.261 e. The van der Waals surface area contributed by atoms with Crippen molar-refractivity contribution in [2.45, 2.75) is 56.0 Å².